The fourth-order valence-corrected chi connectivity index (χ4v) is 3.31. The zero-order valence-electron chi connectivity index (χ0n) is 15.8. The van der Waals surface area contributed by atoms with Crippen molar-refractivity contribution in [3.8, 4) is 11.8 Å². The van der Waals surface area contributed by atoms with Crippen LogP contribution in [0.4, 0.5) is 5.00 Å². The maximum Gasteiger partial charge on any atom is 0.348 e. The number of hydrogen-bond acceptors (Lipinski definition) is 9. The topological polar surface area (TPSA) is 141 Å². The number of hydrogen-bond donors (Lipinski definition) is 2. The molecule has 0 saturated heterocycles. The van der Waals surface area contributed by atoms with Gasteiger partial charge in [-0.1, -0.05) is 12.1 Å². The number of esters is 2. The van der Waals surface area contributed by atoms with Crippen molar-refractivity contribution in [2.45, 2.75) is 13.5 Å². The Kier molecular flexibility index (Phi) is 7.56. The lowest BCUT2D eigenvalue weighted by Gasteiger charge is -2.09. The second kappa shape index (κ2) is 10.1. The number of nitrogens with zero attached hydrogens (tertiary/aromatic N) is 1. The van der Waals surface area contributed by atoms with Crippen LogP contribution in [-0.2, 0) is 20.9 Å². The first-order chi connectivity index (χ1) is 13.9. The predicted octanol–water partition coefficient (Wildman–Crippen LogP) is 1.86. The lowest BCUT2D eigenvalue weighted by Crippen LogP contribution is -2.30. The summed E-state index contributed by atoms with van der Waals surface area (Å²) in [6.45, 7) is 1.03. The van der Waals surface area contributed by atoms with E-state index in [1.54, 1.807) is 31.2 Å². The van der Waals surface area contributed by atoms with Crippen LogP contribution in [0, 0.1) is 11.3 Å². The largest absolute Gasteiger partial charge is 0.496 e. The van der Waals surface area contributed by atoms with Crippen molar-refractivity contribution in [1.82, 2.24) is 5.32 Å². The van der Waals surface area contributed by atoms with Gasteiger partial charge in [-0.3, -0.25) is 9.59 Å². The van der Waals surface area contributed by atoms with E-state index in [9.17, 15) is 19.6 Å². The number of ether oxygens (including phenoxy) is 3. The maximum atomic E-state index is 12.2. The molecule has 10 heteroatoms. The Labute approximate surface area is 171 Å². The van der Waals surface area contributed by atoms with E-state index in [1.807, 2.05) is 6.07 Å². The van der Waals surface area contributed by atoms with Crippen LogP contribution in [0.15, 0.2) is 24.3 Å². The molecule has 1 aromatic carbocycles. The van der Waals surface area contributed by atoms with Crippen LogP contribution < -0.4 is 15.8 Å². The first kappa shape index (κ1) is 21.7. The van der Waals surface area contributed by atoms with Gasteiger partial charge in [0.05, 0.1) is 24.8 Å². The number of rotatable bonds is 8. The molecule has 1 amide bonds. The summed E-state index contributed by atoms with van der Waals surface area (Å²) in [6, 6.07) is 8.44. The molecule has 152 valence electrons. The Bertz CT molecular complexity index is 963. The summed E-state index contributed by atoms with van der Waals surface area (Å²) < 4.78 is 15.1. The first-order valence-corrected chi connectivity index (χ1v) is 9.29. The van der Waals surface area contributed by atoms with Crippen molar-refractivity contribution < 1.29 is 28.6 Å². The second-order valence-corrected chi connectivity index (χ2v) is 6.58. The zero-order chi connectivity index (χ0) is 21.4. The van der Waals surface area contributed by atoms with Gasteiger partial charge in [-0.25, -0.2) is 4.79 Å². The number of nitrogen functional groups attached to an aromatic ring is 1. The van der Waals surface area contributed by atoms with Crippen molar-refractivity contribution in [2.24, 2.45) is 0 Å². The van der Waals surface area contributed by atoms with Crippen molar-refractivity contribution in [3.63, 3.8) is 0 Å². The quantitative estimate of drug-likeness (QED) is 0.620. The Balaban J connectivity index is 2.01. The van der Waals surface area contributed by atoms with Crippen LogP contribution >= 0.6 is 11.3 Å². The number of thiophene rings is 1. The maximum absolute atomic E-state index is 12.2. The SMILES string of the molecule is CCOC(=O)c1sc(N)c(C#N)c1COC(=O)CNC(=O)c1ccccc1OC. The zero-order valence-corrected chi connectivity index (χ0v) is 16.6. The highest BCUT2D eigenvalue weighted by Crippen LogP contribution is 2.31. The predicted molar refractivity (Wildman–Crippen MR) is 105 cm³/mol. The number of nitrogens with two attached hydrogens (primary N) is 1. The molecule has 2 aromatic rings. The third kappa shape index (κ3) is 5.24. The second-order valence-electron chi connectivity index (χ2n) is 5.52. The standard InChI is InChI=1S/C19H19N3O6S/c1-3-27-19(25)16-13(12(8-20)17(21)29-16)10-28-15(23)9-22-18(24)11-6-4-5-7-14(11)26-2/h4-7H,3,9-10,21H2,1-2H3,(H,22,24). The normalized spacial score (nSPS) is 9.97. The van der Waals surface area contributed by atoms with Gasteiger partial charge in [0.1, 0.15) is 34.8 Å². The molecule has 0 fully saturated rings. The van der Waals surface area contributed by atoms with Crippen LogP contribution in [0.3, 0.4) is 0 Å². The van der Waals surface area contributed by atoms with Crippen molar-refractivity contribution >= 4 is 34.2 Å². The molecule has 0 aliphatic rings. The van der Waals surface area contributed by atoms with E-state index in [-0.39, 0.29) is 39.8 Å². The summed E-state index contributed by atoms with van der Waals surface area (Å²) >= 11 is 0.891. The third-order valence-electron chi connectivity index (χ3n) is 3.73. The number of nitrogens with one attached hydrogen (secondary N) is 1. The smallest absolute Gasteiger partial charge is 0.348 e. The van der Waals surface area contributed by atoms with E-state index in [0.717, 1.165) is 11.3 Å². The number of methoxy groups -OCH3 is 1. The molecule has 0 spiro atoms. The van der Waals surface area contributed by atoms with Gasteiger partial charge >= 0.3 is 11.9 Å². The summed E-state index contributed by atoms with van der Waals surface area (Å²) in [5.74, 6) is -1.55. The fourth-order valence-electron chi connectivity index (χ4n) is 2.39. The number of para-hydroxylation sites is 1. The molecule has 3 N–H and O–H groups in total. The third-order valence-corrected chi connectivity index (χ3v) is 4.77. The summed E-state index contributed by atoms with van der Waals surface area (Å²) in [4.78, 5) is 36.4. The van der Waals surface area contributed by atoms with E-state index in [2.05, 4.69) is 5.32 Å². The van der Waals surface area contributed by atoms with Gasteiger partial charge in [-0.2, -0.15) is 5.26 Å². The summed E-state index contributed by atoms with van der Waals surface area (Å²) in [5.41, 5.74) is 6.27. The van der Waals surface area contributed by atoms with E-state index in [1.165, 1.54) is 7.11 Å². The van der Waals surface area contributed by atoms with Gasteiger partial charge in [0.2, 0.25) is 0 Å². The molecule has 2 rings (SSSR count). The number of anilines is 1. The van der Waals surface area contributed by atoms with Crippen molar-refractivity contribution in [3.05, 3.63) is 45.8 Å². The van der Waals surface area contributed by atoms with E-state index in [4.69, 9.17) is 19.9 Å². The minimum absolute atomic E-state index is 0.0592. The van der Waals surface area contributed by atoms with Gasteiger partial charge in [0.25, 0.3) is 5.91 Å². The molecule has 0 aliphatic heterocycles. The molecule has 1 aromatic heterocycles. The molecule has 0 atom stereocenters. The van der Waals surface area contributed by atoms with E-state index in [0.29, 0.717) is 5.75 Å². The van der Waals surface area contributed by atoms with Crippen molar-refractivity contribution in [2.75, 3.05) is 26.0 Å². The van der Waals surface area contributed by atoms with Gasteiger partial charge in [0, 0.05) is 5.56 Å². The summed E-state index contributed by atoms with van der Waals surface area (Å²) in [5, 5.41) is 11.8. The molecule has 1 heterocycles. The van der Waals surface area contributed by atoms with Gasteiger partial charge < -0.3 is 25.3 Å². The monoisotopic (exact) mass is 417 g/mol. The molecule has 0 bridgehead atoms. The Morgan fingerprint density at radius 1 is 1.24 bits per heavy atom. The molecule has 9 nitrogen and oxygen atoms in total. The van der Waals surface area contributed by atoms with Crippen LogP contribution in [0.5, 0.6) is 5.75 Å². The van der Waals surface area contributed by atoms with Crippen molar-refractivity contribution in [1.29, 1.82) is 5.26 Å². The number of carbonyl (C=O) groups is 3. The number of benzene rings is 1. The minimum Gasteiger partial charge on any atom is -0.496 e. The fraction of sp³-hybridized carbons (Fsp3) is 0.263. The minimum atomic E-state index is -0.753. The lowest BCUT2D eigenvalue weighted by atomic mass is 10.1. The highest BCUT2D eigenvalue weighted by Gasteiger charge is 2.24. The highest BCUT2D eigenvalue weighted by atomic mass is 32.1. The Morgan fingerprint density at radius 3 is 2.62 bits per heavy atom. The average molecular weight is 417 g/mol. The molecule has 0 unspecified atom stereocenters. The molecule has 0 radical (unpaired) electrons. The van der Waals surface area contributed by atoms with Crippen LogP contribution in [-0.4, -0.2) is 38.1 Å². The van der Waals surface area contributed by atoms with Crippen LogP contribution in [0.2, 0.25) is 0 Å². The van der Waals surface area contributed by atoms with Gasteiger partial charge in [-0.15, -0.1) is 11.3 Å². The van der Waals surface area contributed by atoms with E-state index >= 15 is 0 Å². The number of carbonyl (C=O) groups excluding carboxylic acids is 3. The highest BCUT2D eigenvalue weighted by molar-refractivity contribution is 7.18. The molecular formula is C19H19N3O6S. The lowest BCUT2D eigenvalue weighted by molar-refractivity contribution is -0.143. The van der Waals surface area contributed by atoms with Gasteiger partial charge in [-0.05, 0) is 19.1 Å². The summed E-state index contributed by atoms with van der Waals surface area (Å²) in [6.07, 6.45) is 0. The van der Waals surface area contributed by atoms with E-state index < -0.39 is 24.4 Å². The number of nitriles is 1. The average Bonchev–Trinajstić information content (AvgIpc) is 3.05. The summed E-state index contributed by atoms with van der Waals surface area (Å²) in [7, 11) is 1.43. The Hall–Kier alpha value is -3.58. The first-order valence-electron chi connectivity index (χ1n) is 8.48. The van der Waals surface area contributed by atoms with Crippen LogP contribution in [0.25, 0.3) is 0 Å². The molecule has 0 saturated carbocycles. The molecule has 29 heavy (non-hydrogen) atoms. The van der Waals surface area contributed by atoms with Gasteiger partial charge in [0.15, 0.2) is 0 Å². The Morgan fingerprint density at radius 2 is 1.97 bits per heavy atom. The molecule has 0 aliphatic carbocycles. The molecular weight excluding hydrogens is 398 g/mol. The number of amides is 1. The van der Waals surface area contributed by atoms with Crippen LogP contribution in [0.1, 0.15) is 38.1 Å².